The maximum atomic E-state index is 13.3. The monoisotopic (exact) mass is 334 g/mol. The second kappa shape index (κ2) is 4.89. The van der Waals surface area contributed by atoms with Crippen molar-refractivity contribution in [3.63, 3.8) is 0 Å². The highest BCUT2D eigenvalue weighted by molar-refractivity contribution is 5.90. The van der Waals surface area contributed by atoms with E-state index in [-0.39, 0.29) is 18.7 Å². The fraction of sp³-hybridized carbons (Fsp3) is 0.333. The Balaban J connectivity index is 1.86. The van der Waals surface area contributed by atoms with Gasteiger partial charge in [0.05, 0.1) is 11.7 Å². The molecule has 3 heterocycles. The molecular formula is C15H13F3N6. The molecule has 24 heavy (non-hydrogen) atoms. The van der Waals surface area contributed by atoms with Crippen LogP contribution in [0, 0.1) is 0 Å². The van der Waals surface area contributed by atoms with Gasteiger partial charge in [0.2, 0.25) is 0 Å². The number of hydrogen-bond acceptors (Lipinski definition) is 5. The number of rotatable bonds is 3. The molecule has 0 spiro atoms. The van der Waals surface area contributed by atoms with Crippen LogP contribution in [0.5, 0.6) is 0 Å². The van der Waals surface area contributed by atoms with Crippen LogP contribution in [-0.2, 0) is 7.05 Å². The highest BCUT2D eigenvalue weighted by Crippen LogP contribution is 2.51. The van der Waals surface area contributed by atoms with E-state index >= 15 is 0 Å². The van der Waals surface area contributed by atoms with Gasteiger partial charge in [-0.25, -0.2) is 9.97 Å². The van der Waals surface area contributed by atoms with Crippen LogP contribution in [0.2, 0.25) is 0 Å². The number of nitrogens with zero attached hydrogens (tertiary/aromatic N) is 5. The third-order valence-electron chi connectivity index (χ3n) is 4.20. The van der Waals surface area contributed by atoms with Crippen LogP contribution in [0.15, 0.2) is 30.7 Å². The standard InChI is InChI=1S/C15H13F3N6/c1-24-11(3-7-20-24)13-21-10-8-19-6-2-9(10)12(22-13)23-14(4-5-14)15(16,17)18/h2-3,6-8H,4-5H2,1H3,(H,21,22,23). The fourth-order valence-corrected chi connectivity index (χ4v) is 2.61. The number of fused-ring (bicyclic) bond motifs is 1. The van der Waals surface area contributed by atoms with E-state index in [1.807, 2.05) is 0 Å². The Morgan fingerprint density at radius 1 is 1.17 bits per heavy atom. The molecule has 1 aliphatic carbocycles. The summed E-state index contributed by atoms with van der Waals surface area (Å²) < 4.78 is 41.4. The minimum Gasteiger partial charge on any atom is -0.356 e. The summed E-state index contributed by atoms with van der Waals surface area (Å²) in [5, 5.41) is 7.16. The van der Waals surface area contributed by atoms with Crippen LogP contribution in [0.4, 0.5) is 19.0 Å². The molecule has 1 aliphatic rings. The summed E-state index contributed by atoms with van der Waals surface area (Å²) >= 11 is 0. The minimum absolute atomic E-state index is 0.0358. The number of alkyl halides is 3. The zero-order valence-electron chi connectivity index (χ0n) is 12.7. The summed E-state index contributed by atoms with van der Waals surface area (Å²) in [6, 6.07) is 3.31. The molecule has 0 radical (unpaired) electrons. The van der Waals surface area contributed by atoms with Gasteiger partial charge in [-0.2, -0.15) is 18.3 Å². The summed E-state index contributed by atoms with van der Waals surface area (Å²) in [7, 11) is 1.72. The second-order valence-electron chi connectivity index (χ2n) is 5.83. The van der Waals surface area contributed by atoms with Crippen LogP contribution in [0.3, 0.4) is 0 Å². The molecule has 9 heteroatoms. The number of pyridine rings is 1. The van der Waals surface area contributed by atoms with Gasteiger partial charge in [0.25, 0.3) is 0 Å². The predicted octanol–water partition coefficient (Wildman–Crippen LogP) is 2.93. The van der Waals surface area contributed by atoms with Crippen molar-refractivity contribution in [2.45, 2.75) is 24.6 Å². The molecule has 0 atom stereocenters. The second-order valence-corrected chi connectivity index (χ2v) is 5.83. The fourth-order valence-electron chi connectivity index (χ4n) is 2.61. The zero-order valence-corrected chi connectivity index (χ0v) is 12.7. The van der Waals surface area contributed by atoms with Crippen molar-refractivity contribution in [1.29, 1.82) is 0 Å². The summed E-state index contributed by atoms with van der Waals surface area (Å²) in [5.41, 5.74) is -0.814. The van der Waals surface area contributed by atoms with Crippen molar-refractivity contribution < 1.29 is 13.2 Å². The first kappa shape index (κ1) is 14.9. The highest BCUT2D eigenvalue weighted by Gasteiger charge is 2.63. The summed E-state index contributed by atoms with van der Waals surface area (Å²) in [4.78, 5) is 12.7. The number of halogens is 3. The van der Waals surface area contributed by atoms with Gasteiger partial charge in [0.1, 0.15) is 17.1 Å². The lowest BCUT2D eigenvalue weighted by Gasteiger charge is -2.22. The first-order valence-corrected chi connectivity index (χ1v) is 7.35. The quantitative estimate of drug-likeness (QED) is 0.797. The molecule has 3 aromatic rings. The van der Waals surface area contributed by atoms with Gasteiger partial charge in [0.15, 0.2) is 5.82 Å². The lowest BCUT2D eigenvalue weighted by atomic mass is 10.2. The molecule has 0 saturated heterocycles. The predicted molar refractivity (Wildman–Crippen MR) is 81.2 cm³/mol. The maximum absolute atomic E-state index is 13.3. The van der Waals surface area contributed by atoms with E-state index in [1.165, 1.54) is 12.4 Å². The Morgan fingerprint density at radius 2 is 1.96 bits per heavy atom. The molecule has 0 unspecified atom stereocenters. The molecule has 0 amide bonds. The third kappa shape index (κ3) is 2.27. The first-order chi connectivity index (χ1) is 11.4. The van der Waals surface area contributed by atoms with E-state index in [4.69, 9.17) is 0 Å². The van der Waals surface area contributed by atoms with E-state index < -0.39 is 11.7 Å². The molecule has 0 aromatic carbocycles. The van der Waals surface area contributed by atoms with E-state index in [1.54, 1.807) is 30.1 Å². The summed E-state index contributed by atoms with van der Waals surface area (Å²) in [6.07, 6.45) is 0.340. The highest BCUT2D eigenvalue weighted by atomic mass is 19.4. The average Bonchev–Trinajstić information content (AvgIpc) is 3.21. The molecule has 4 rings (SSSR count). The van der Waals surface area contributed by atoms with Crippen LogP contribution in [-0.4, -0.2) is 36.4 Å². The normalized spacial score (nSPS) is 16.3. The molecule has 1 N–H and O–H groups in total. The van der Waals surface area contributed by atoms with Crippen LogP contribution in [0.25, 0.3) is 22.4 Å². The van der Waals surface area contributed by atoms with Gasteiger partial charge in [-0.3, -0.25) is 9.67 Å². The van der Waals surface area contributed by atoms with E-state index in [0.717, 1.165) is 0 Å². The Labute approximate surface area is 134 Å². The smallest absolute Gasteiger partial charge is 0.356 e. The number of nitrogens with one attached hydrogen (secondary N) is 1. The molecule has 1 fully saturated rings. The van der Waals surface area contributed by atoms with Gasteiger partial charge in [-0.1, -0.05) is 0 Å². The SMILES string of the molecule is Cn1nccc1-c1nc(NC2(C(F)(F)F)CC2)c2ccncc2n1. The van der Waals surface area contributed by atoms with Crippen molar-refractivity contribution in [3.8, 4) is 11.5 Å². The van der Waals surface area contributed by atoms with Crippen LogP contribution in [0.1, 0.15) is 12.8 Å². The summed E-state index contributed by atoms with van der Waals surface area (Å²) in [6.45, 7) is 0. The number of aromatic nitrogens is 5. The Morgan fingerprint density at radius 3 is 2.58 bits per heavy atom. The van der Waals surface area contributed by atoms with E-state index in [2.05, 4.69) is 25.4 Å². The topological polar surface area (TPSA) is 68.5 Å². The first-order valence-electron chi connectivity index (χ1n) is 7.35. The number of hydrogen-bond donors (Lipinski definition) is 1. The third-order valence-corrected chi connectivity index (χ3v) is 4.20. The van der Waals surface area contributed by atoms with Crippen molar-refractivity contribution in [3.05, 3.63) is 30.7 Å². The van der Waals surface area contributed by atoms with E-state index in [0.29, 0.717) is 22.4 Å². The Hall–Kier alpha value is -2.71. The molecular weight excluding hydrogens is 321 g/mol. The van der Waals surface area contributed by atoms with Gasteiger partial charge >= 0.3 is 6.18 Å². The largest absolute Gasteiger partial charge is 0.411 e. The molecule has 0 aliphatic heterocycles. The van der Waals surface area contributed by atoms with Gasteiger partial charge in [-0.15, -0.1) is 0 Å². The summed E-state index contributed by atoms with van der Waals surface area (Å²) in [5.74, 6) is 0.462. The van der Waals surface area contributed by atoms with Crippen molar-refractivity contribution in [1.82, 2.24) is 24.7 Å². The Kier molecular flexibility index (Phi) is 3.03. The molecule has 124 valence electrons. The molecule has 3 aromatic heterocycles. The number of aryl methyl sites for hydroxylation is 1. The lowest BCUT2D eigenvalue weighted by molar-refractivity contribution is -0.151. The molecule has 1 saturated carbocycles. The average molecular weight is 334 g/mol. The minimum atomic E-state index is -4.33. The molecule has 6 nitrogen and oxygen atoms in total. The number of anilines is 1. The van der Waals surface area contributed by atoms with Crippen molar-refractivity contribution in [2.24, 2.45) is 7.05 Å². The zero-order chi connectivity index (χ0) is 16.9. The van der Waals surface area contributed by atoms with Gasteiger partial charge in [-0.05, 0) is 25.0 Å². The maximum Gasteiger partial charge on any atom is 0.411 e. The van der Waals surface area contributed by atoms with Crippen molar-refractivity contribution in [2.75, 3.05) is 5.32 Å². The van der Waals surface area contributed by atoms with Gasteiger partial charge in [0, 0.05) is 24.8 Å². The van der Waals surface area contributed by atoms with Crippen molar-refractivity contribution >= 4 is 16.7 Å². The van der Waals surface area contributed by atoms with E-state index in [9.17, 15) is 13.2 Å². The molecule has 0 bridgehead atoms. The van der Waals surface area contributed by atoms with Crippen LogP contribution < -0.4 is 5.32 Å². The Bertz CT molecular complexity index is 913. The van der Waals surface area contributed by atoms with Gasteiger partial charge < -0.3 is 5.32 Å². The lowest BCUT2D eigenvalue weighted by Crippen LogP contribution is -2.39. The van der Waals surface area contributed by atoms with Crippen LogP contribution >= 0.6 is 0 Å².